The number of carbonyl (C=O) groups excluding carboxylic acids is 1. The highest BCUT2D eigenvalue weighted by Crippen LogP contribution is 2.45. The molecule has 9 heteroatoms. The van der Waals surface area contributed by atoms with Gasteiger partial charge in [0.05, 0.1) is 25.0 Å². The number of hydrogen-bond acceptors (Lipinski definition) is 6. The van der Waals surface area contributed by atoms with Crippen LogP contribution in [0.3, 0.4) is 0 Å². The molecule has 47 heavy (non-hydrogen) atoms. The van der Waals surface area contributed by atoms with Crippen molar-refractivity contribution in [2.45, 2.75) is 72.4 Å². The number of benzene rings is 2. The van der Waals surface area contributed by atoms with E-state index in [9.17, 15) is 9.59 Å². The highest BCUT2D eigenvalue weighted by atomic mass is 16.5. The van der Waals surface area contributed by atoms with Crippen LogP contribution in [-0.4, -0.2) is 27.7 Å². The number of fused-ring (bicyclic) bond motifs is 1. The van der Waals surface area contributed by atoms with E-state index in [1.807, 2.05) is 66.7 Å². The minimum atomic E-state index is -0.741. The van der Waals surface area contributed by atoms with Crippen molar-refractivity contribution in [1.29, 1.82) is 0 Å². The largest absolute Gasteiger partial charge is 0.497 e. The van der Waals surface area contributed by atoms with Crippen LogP contribution in [0.2, 0.25) is 0 Å². The van der Waals surface area contributed by atoms with Crippen molar-refractivity contribution in [2.24, 2.45) is 5.73 Å². The highest BCUT2D eigenvalue weighted by molar-refractivity contribution is 6.09. The molecule has 2 amide bonds. The molecule has 0 unspecified atom stereocenters. The standard InChI is InChI=1S/C38H44N6O3/c1-7-8-19-43-36-30(16-12-18-41-36)33(26-13-11-15-29(20-26)47-6)35(37(43)45)44(38(39)46)34-31(24(2)3)21-28(22-32(34)25(4)5)42-23-27-14-9-10-17-40-27/h9-18,20-22,24-25,42H,7-8,19,23H2,1-6H3,(H2,39,46). The molecule has 0 aliphatic rings. The first kappa shape index (κ1) is 33.2. The molecule has 0 fully saturated rings. The predicted molar refractivity (Wildman–Crippen MR) is 191 cm³/mol. The second-order valence-corrected chi connectivity index (χ2v) is 12.3. The van der Waals surface area contributed by atoms with Crippen LogP contribution in [0.15, 0.2) is 83.9 Å². The van der Waals surface area contributed by atoms with Gasteiger partial charge in [0.15, 0.2) is 0 Å². The Balaban J connectivity index is 1.85. The Bertz CT molecular complexity index is 1910. The highest BCUT2D eigenvalue weighted by Gasteiger charge is 2.32. The quantitative estimate of drug-likeness (QED) is 0.143. The molecule has 3 aromatic heterocycles. The Kier molecular flexibility index (Phi) is 10.2. The molecule has 5 rings (SSSR count). The van der Waals surface area contributed by atoms with E-state index in [2.05, 4.69) is 49.9 Å². The van der Waals surface area contributed by atoms with Crippen LogP contribution in [0.4, 0.5) is 21.9 Å². The minimum Gasteiger partial charge on any atom is -0.497 e. The van der Waals surface area contributed by atoms with Crippen molar-refractivity contribution in [2.75, 3.05) is 17.3 Å². The molecule has 0 spiro atoms. The van der Waals surface area contributed by atoms with Gasteiger partial charge in [0, 0.05) is 35.6 Å². The van der Waals surface area contributed by atoms with E-state index in [-0.39, 0.29) is 23.1 Å². The average Bonchev–Trinajstić information content (AvgIpc) is 3.07. The van der Waals surface area contributed by atoms with Gasteiger partial charge in [-0.1, -0.05) is 59.2 Å². The summed E-state index contributed by atoms with van der Waals surface area (Å²) < 4.78 is 7.26. The van der Waals surface area contributed by atoms with Gasteiger partial charge in [0.25, 0.3) is 5.56 Å². The minimum absolute atomic E-state index is 0.00865. The fourth-order valence-corrected chi connectivity index (χ4v) is 6.02. The molecule has 0 atom stereocenters. The predicted octanol–water partition coefficient (Wildman–Crippen LogP) is 8.34. The number of aromatic nitrogens is 3. The first-order valence-electron chi connectivity index (χ1n) is 16.2. The number of methoxy groups -OCH3 is 1. The van der Waals surface area contributed by atoms with E-state index < -0.39 is 6.03 Å². The molecule has 0 aliphatic carbocycles. The maximum atomic E-state index is 14.9. The average molecular weight is 633 g/mol. The number of nitrogens with one attached hydrogen (secondary N) is 1. The van der Waals surface area contributed by atoms with Crippen LogP contribution >= 0.6 is 0 Å². The van der Waals surface area contributed by atoms with Crippen molar-refractivity contribution >= 4 is 34.1 Å². The van der Waals surface area contributed by atoms with Gasteiger partial charge in [-0.3, -0.25) is 19.2 Å². The number of unbranched alkanes of at least 4 members (excludes halogenated alkanes) is 1. The normalized spacial score (nSPS) is 11.3. The first-order chi connectivity index (χ1) is 22.7. The smallest absolute Gasteiger partial charge is 0.324 e. The number of primary amides is 1. The lowest BCUT2D eigenvalue weighted by atomic mass is 9.90. The van der Waals surface area contributed by atoms with Gasteiger partial charge >= 0.3 is 6.03 Å². The third-order valence-corrected chi connectivity index (χ3v) is 8.37. The van der Waals surface area contributed by atoms with Crippen LogP contribution in [0.25, 0.3) is 22.2 Å². The molecule has 0 saturated heterocycles. The van der Waals surface area contributed by atoms with Gasteiger partial charge in [-0.2, -0.15) is 0 Å². The van der Waals surface area contributed by atoms with E-state index in [0.717, 1.165) is 40.7 Å². The van der Waals surface area contributed by atoms with Crippen LogP contribution in [0, 0.1) is 0 Å². The van der Waals surface area contributed by atoms with Crippen molar-refractivity contribution < 1.29 is 9.53 Å². The summed E-state index contributed by atoms with van der Waals surface area (Å²) in [4.78, 5) is 39.3. The van der Waals surface area contributed by atoms with Crippen molar-refractivity contribution in [1.82, 2.24) is 14.5 Å². The second-order valence-electron chi connectivity index (χ2n) is 12.3. The Hall–Kier alpha value is -5.18. The maximum absolute atomic E-state index is 14.9. The third-order valence-electron chi connectivity index (χ3n) is 8.37. The molecule has 0 aliphatic heterocycles. The van der Waals surface area contributed by atoms with Crippen LogP contribution in [0.5, 0.6) is 5.75 Å². The van der Waals surface area contributed by atoms with Gasteiger partial charge in [-0.05, 0) is 83.5 Å². The van der Waals surface area contributed by atoms with Gasteiger partial charge in [0.2, 0.25) is 0 Å². The lowest BCUT2D eigenvalue weighted by Gasteiger charge is -2.31. The summed E-state index contributed by atoms with van der Waals surface area (Å²) in [7, 11) is 1.60. The first-order valence-corrected chi connectivity index (χ1v) is 16.2. The molecular formula is C38H44N6O3. The molecular weight excluding hydrogens is 588 g/mol. The lowest BCUT2D eigenvalue weighted by Crippen LogP contribution is -2.39. The molecule has 0 saturated carbocycles. The second kappa shape index (κ2) is 14.5. The van der Waals surface area contributed by atoms with Crippen LogP contribution < -0.4 is 26.2 Å². The van der Waals surface area contributed by atoms with E-state index in [0.29, 0.717) is 41.3 Å². The summed E-state index contributed by atoms with van der Waals surface area (Å²) in [5, 5.41) is 4.26. The van der Waals surface area contributed by atoms with Crippen molar-refractivity contribution in [3.8, 4) is 16.9 Å². The maximum Gasteiger partial charge on any atom is 0.324 e. The number of aryl methyl sites for hydroxylation is 1. The summed E-state index contributed by atoms with van der Waals surface area (Å²) >= 11 is 0. The Morgan fingerprint density at radius 1 is 0.936 bits per heavy atom. The number of rotatable bonds is 12. The van der Waals surface area contributed by atoms with E-state index >= 15 is 0 Å². The number of ether oxygens (including phenoxy) is 1. The number of nitrogens with zero attached hydrogens (tertiary/aromatic N) is 4. The Morgan fingerprint density at radius 2 is 1.66 bits per heavy atom. The van der Waals surface area contributed by atoms with Crippen LogP contribution in [0.1, 0.15) is 76.1 Å². The zero-order valence-electron chi connectivity index (χ0n) is 28.1. The van der Waals surface area contributed by atoms with E-state index in [4.69, 9.17) is 10.5 Å². The number of hydrogen-bond donors (Lipinski definition) is 2. The van der Waals surface area contributed by atoms with Gasteiger partial charge < -0.3 is 15.8 Å². The fraction of sp³-hybridized carbons (Fsp3) is 0.316. The molecule has 5 aromatic rings. The summed E-state index contributed by atoms with van der Waals surface area (Å²) in [6.07, 6.45) is 5.12. The fourth-order valence-electron chi connectivity index (χ4n) is 6.02. The van der Waals surface area contributed by atoms with Crippen molar-refractivity contribution in [3.05, 3.63) is 106 Å². The third kappa shape index (κ3) is 6.84. The number of pyridine rings is 3. The summed E-state index contributed by atoms with van der Waals surface area (Å²) in [6, 6.07) is 20.5. The number of nitrogens with two attached hydrogens (primary N) is 1. The van der Waals surface area contributed by atoms with Crippen molar-refractivity contribution in [3.63, 3.8) is 0 Å². The number of urea groups is 1. The number of anilines is 3. The lowest BCUT2D eigenvalue weighted by molar-refractivity contribution is 0.256. The number of carbonyl (C=O) groups is 1. The van der Waals surface area contributed by atoms with Crippen LogP contribution in [-0.2, 0) is 13.1 Å². The summed E-state index contributed by atoms with van der Waals surface area (Å²) in [5.74, 6) is 0.608. The number of amides is 2. The Morgan fingerprint density at radius 3 is 2.28 bits per heavy atom. The monoisotopic (exact) mass is 632 g/mol. The molecule has 3 heterocycles. The Labute approximate surface area is 276 Å². The molecule has 244 valence electrons. The topological polar surface area (TPSA) is 115 Å². The van der Waals surface area contributed by atoms with E-state index in [1.165, 1.54) is 4.90 Å². The van der Waals surface area contributed by atoms with Gasteiger partial charge in [-0.25, -0.2) is 9.78 Å². The zero-order chi connectivity index (χ0) is 33.7. The summed E-state index contributed by atoms with van der Waals surface area (Å²) in [5.41, 5.74) is 12.3. The SMILES string of the molecule is CCCCn1c(=O)c(N(C(N)=O)c2c(C(C)C)cc(NCc3ccccn3)cc2C(C)C)c(-c2cccc(OC)c2)c2cccnc21. The summed E-state index contributed by atoms with van der Waals surface area (Å²) in [6.45, 7) is 11.4. The molecule has 3 N–H and O–H groups in total. The molecule has 9 nitrogen and oxygen atoms in total. The molecule has 2 aromatic carbocycles. The van der Waals surface area contributed by atoms with Gasteiger partial charge in [-0.15, -0.1) is 0 Å². The molecule has 0 bridgehead atoms. The zero-order valence-corrected chi connectivity index (χ0v) is 28.1. The van der Waals surface area contributed by atoms with Gasteiger partial charge in [0.1, 0.15) is 17.1 Å². The van der Waals surface area contributed by atoms with E-state index in [1.54, 1.807) is 24.1 Å². The molecule has 0 radical (unpaired) electrons.